The molecule has 5 unspecified atom stereocenters. The molecule has 184 valence electrons. The number of aliphatic carboxylic acids is 2. The minimum Gasteiger partial charge on any atom is -0.481 e. The number of carboxylic acid groups (broad SMARTS) is 2. The van der Waals surface area contributed by atoms with Crippen molar-refractivity contribution >= 4 is 29.7 Å². The maximum absolute atomic E-state index is 12.9. The Kier molecular flexibility index (Phi) is 12.5. The molecule has 0 saturated heterocycles. The highest BCUT2D eigenvalue weighted by molar-refractivity contribution is 5.94. The minimum absolute atomic E-state index is 0.0419. The third kappa shape index (κ3) is 10.1. The number of hydrogen-bond acceptors (Lipinski definition) is 6. The summed E-state index contributed by atoms with van der Waals surface area (Å²) in [7, 11) is 0. The van der Waals surface area contributed by atoms with Crippen molar-refractivity contribution in [3.63, 3.8) is 0 Å². The van der Waals surface area contributed by atoms with Gasteiger partial charge in [-0.1, -0.05) is 48.0 Å². The summed E-state index contributed by atoms with van der Waals surface area (Å²) in [6, 6.07) is -4.51. The second kappa shape index (κ2) is 13.7. The zero-order valence-corrected chi connectivity index (χ0v) is 19.7. The quantitative estimate of drug-likeness (QED) is 0.211. The van der Waals surface area contributed by atoms with Crippen LogP contribution in [-0.2, 0) is 24.0 Å². The normalized spacial score (nSPS) is 15.9. The molecular formula is C21H38N4O7. The minimum atomic E-state index is -1.64. The molecule has 0 spiro atoms. The second-order valence-corrected chi connectivity index (χ2v) is 8.83. The molecule has 0 aromatic rings. The zero-order chi connectivity index (χ0) is 25.2. The maximum Gasteiger partial charge on any atom is 0.326 e. The number of nitrogens with one attached hydrogen (secondary N) is 3. The van der Waals surface area contributed by atoms with Crippen molar-refractivity contribution in [3.05, 3.63) is 0 Å². The summed E-state index contributed by atoms with van der Waals surface area (Å²) in [5.41, 5.74) is 5.95. The van der Waals surface area contributed by atoms with Crippen LogP contribution < -0.4 is 21.7 Å². The number of carbonyl (C=O) groups is 5. The van der Waals surface area contributed by atoms with Gasteiger partial charge < -0.3 is 31.9 Å². The van der Waals surface area contributed by atoms with Crippen molar-refractivity contribution in [2.75, 3.05) is 0 Å². The standard InChI is InChI=1S/C21H38N4O7/c1-7-12(6)16(22)19(29)25-17(11(4)5)20(30)23-13(8-10(2)3)18(28)24-14(21(31)32)9-15(26)27/h10-14,16-17H,7-9,22H2,1-6H3,(H,23,30)(H,24,28)(H,25,29)(H,26,27)(H,31,32). The summed E-state index contributed by atoms with van der Waals surface area (Å²) in [5.74, 6) is -5.24. The first-order chi connectivity index (χ1) is 14.7. The number of amides is 3. The third-order valence-electron chi connectivity index (χ3n) is 5.14. The number of rotatable bonds is 14. The summed E-state index contributed by atoms with van der Waals surface area (Å²) < 4.78 is 0. The van der Waals surface area contributed by atoms with E-state index in [1.54, 1.807) is 13.8 Å². The molecule has 32 heavy (non-hydrogen) atoms. The van der Waals surface area contributed by atoms with Gasteiger partial charge in [-0.25, -0.2) is 4.79 Å². The molecule has 11 nitrogen and oxygen atoms in total. The Balaban J connectivity index is 5.49. The van der Waals surface area contributed by atoms with Gasteiger partial charge in [-0.15, -0.1) is 0 Å². The molecule has 11 heteroatoms. The van der Waals surface area contributed by atoms with E-state index in [4.69, 9.17) is 15.9 Å². The Morgan fingerprint density at radius 1 is 0.812 bits per heavy atom. The van der Waals surface area contributed by atoms with E-state index in [-0.39, 0.29) is 24.2 Å². The van der Waals surface area contributed by atoms with Crippen LogP contribution in [0.15, 0.2) is 0 Å². The lowest BCUT2D eigenvalue weighted by Crippen LogP contribution is -2.59. The van der Waals surface area contributed by atoms with Crippen LogP contribution in [0.4, 0.5) is 0 Å². The molecule has 0 aliphatic heterocycles. The highest BCUT2D eigenvalue weighted by Gasteiger charge is 2.33. The van der Waals surface area contributed by atoms with E-state index in [0.717, 1.165) is 0 Å². The highest BCUT2D eigenvalue weighted by Crippen LogP contribution is 2.10. The van der Waals surface area contributed by atoms with Gasteiger partial charge >= 0.3 is 11.9 Å². The van der Waals surface area contributed by atoms with Gasteiger partial charge in [-0.2, -0.15) is 0 Å². The van der Waals surface area contributed by atoms with Crippen molar-refractivity contribution in [2.24, 2.45) is 23.5 Å². The van der Waals surface area contributed by atoms with Crippen molar-refractivity contribution in [2.45, 2.75) is 85.0 Å². The Bertz CT molecular complexity index is 681. The Labute approximate surface area is 188 Å². The van der Waals surface area contributed by atoms with Gasteiger partial charge in [0.05, 0.1) is 12.5 Å². The van der Waals surface area contributed by atoms with E-state index in [0.29, 0.717) is 6.42 Å². The summed E-state index contributed by atoms with van der Waals surface area (Å²) in [4.78, 5) is 60.2. The van der Waals surface area contributed by atoms with Gasteiger partial charge in [0.2, 0.25) is 17.7 Å². The lowest BCUT2D eigenvalue weighted by atomic mass is 9.96. The van der Waals surface area contributed by atoms with E-state index in [9.17, 15) is 24.0 Å². The van der Waals surface area contributed by atoms with Gasteiger partial charge in [0.25, 0.3) is 0 Å². The van der Waals surface area contributed by atoms with Gasteiger partial charge in [-0.05, 0) is 24.2 Å². The van der Waals surface area contributed by atoms with E-state index in [2.05, 4.69) is 16.0 Å². The topological polar surface area (TPSA) is 188 Å². The number of carboxylic acids is 2. The fourth-order valence-corrected chi connectivity index (χ4v) is 2.91. The van der Waals surface area contributed by atoms with Crippen molar-refractivity contribution in [1.29, 1.82) is 0 Å². The molecule has 0 bridgehead atoms. The van der Waals surface area contributed by atoms with Crippen molar-refractivity contribution < 1.29 is 34.2 Å². The Morgan fingerprint density at radius 3 is 1.75 bits per heavy atom. The van der Waals surface area contributed by atoms with Crippen LogP contribution in [-0.4, -0.2) is 64.0 Å². The van der Waals surface area contributed by atoms with E-state index in [1.165, 1.54) is 0 Å². The predicted octanol–water partition coefficient (Wildman–Crippen LogP) is 0.0756. The molecule has 3 amide bonds. The van der Waals surface area contributed by atoms with Gasteiger partial charge in [-0.3, -0.25) is 19.2 Å². The van der Waals surface area contributed by atoms with Crippen molar-refractivity contribution in [1.82, 2.24) is 16.0 Å². The fraction of sp³-hybridized carbons (Fsp3) is 0.762. The first-order valence-electron chi connectivity index (χ1n) is 10.8. The molecule has 5 atom stereocenters. The van der Waals surface area contributed by atoms with Gasteiger partial charge in [0, 0.05) is 0 Å². The smallest absolute Gasteiger partial charge is 0.326 e. The van der Waals surface area contributed by atoms with Crippen LogP contribution in [0.2, 0.25) is 0 Å². The lowest BCUT2D eigenvalue weighted by molar-refractivity contribution is -0.147. The molecule has 0 fully saturated rings. The molecule has 0 aromatic heterocycles. The van der Waals surface area contributed by atoms with Crippen LogP contribution in [0.25, 0.3) is 0 Å². The molecule has 0 aliphatic rings. The number of hydrogen-bond donors (Lipinski definition) is 6. The largest absolute Gasteiger partial charge is 0.481 e. The molecule has 0 aliphatic carbocycles. The molecule has 0 rings (SSSR count). The SMILES string of the molecule is CCC(C)C(N)C(=O)NC(C(=O)NC(CC(C)C)C(=O)NC(CC(=O)O)C(=O)O)C(C)C. The van der Waals surface area contributed by atoms with E-state index < -0.39 is 60.2 Å². The van der Waals surface area contributed by atoms with Crippen LogP contribution in [0, 0.1) is 17.8 Å². The predicted molar refractivity (Wildman–Crippen MR) is 117 cm³/mol. The molecule has 0 heterocycles. The van der Waals surface area contributed by atoms with Crippen LogP contribution >= 0.6 is 0 Å². The summed E-state index contributed by atoms with van der Waals surface area (Å²) >= 11 is 0. The molecular weight excluding hydrogens is 420 g/mol. The maximum atomic E-state index is 12.9. The van der Waals surface area contributed by atoms with Gasteiger partial charge in [0.15, 0.2) is 0 Å². The zero-order valence-electron chi connectivity index (χ0n) is 19.7. The fourth-order valence-electron chi connectivity index (χ4n) is 2.91. The van der Waals surface area contributed by atoms with Gasteiger partial charge in [0.1, 0.15) is 18.1 Å². The number of nitrogens with two attached hydrogens (primary N) is 1. The summed E-state index contributed by atoms with van der Waals surface area (Å²) in [6.07, 6.45) is 0.0641. The number of carbonyl (C=O) groups excluding carboxylic acids is 3. The molecule has 7 N–H and O–H groups in total. The van der Waals surface area contributed by atoms with Crippen LogP contribution in [0.1, 0.15) is 60.8 Å². The first kappa shape index (κ1) is 29.3. The lowest BCUT2D eigenvalue weighted by Gasteiger charge is -2.28. The van der Waals surface area contributed by atoms with E-state index in [1.807, 2.05) is 27.7 Å². The Hall–Kier alpha value is -2.69. The van der Waals surface area contributed by atoms with Crippen molar-refractivity contribution in [3.8, 4) is 0 Å². The Morgan fingerprint density at radius 2 is 1.34 bits per heavy atom. The highest BCUT2D eigenvalue weighted by atomic mass is 16.4. The first-order valence-corrected chi connectivity index (χ1v) is 10.8. The average Bonchev–Trinajstić information content (AvgIpc) is 2.68. The summed E-state index contributed by atoms with van der Waals surface area (Å²) in [6.45, 7) is 10.8. The van der Waals surface area contributed by atoms with Crippen LogP contribution in [0.3, 0.4) is 0 Å². The molecule has 0 radical (unpaired) electrons. The third-order valence-corrected chi connectivity index (χ3v) is 5.14. The van der Waals surface area contributed by atoms with E-state index >= 15 is 0 Å². The molecule has 0 aromatic carbocycles. The van der Waals surface area contributed by atoms with Crippen LogP contribution in [0.5, 0.6) is 0 Å². The monoisotopic (exact) mass is 458 g/mol. The molecule has 0 saturated carbocycles. The average molecular weight is 459 g/mol. The summed E-state index contributed by atoms with van der Waals surface area (Å²) in [5, 5.41) is 25.4. The second-order valence-electron chi connectivity index (χ2n) is 8.83.